The molecule has 1 saturated carbocycles. The summed E-state index contributed by atoms with van der Waals surface area (Å²) in [4.78, 5) is 0. The molecule has 9 heavy (non-hydrogen) atoms. The van der Waals surface area contributed by atoms with Gasteiger partial charge < -0.3 is 0 Å². The van der Waals surface area contributed by atoms with Gasteiger partial charge in [-0.2, -0.15) is 0 Å². The van der Waals surface area contributed by atoms with Crippen molar-refractivity contribution in [1.29, 1.82) is 0 Å². The second-order valence-electron chi connectivity index (χ2n) is 2.63. The van der Waals surface area contributed by atoms with E-state index in [0.717, 1.165) is 6.42 Å². The smallest absolute Gasteiger partial charge is 0.105 e. The molecule has 0 aromatic heterocycles. The molecule has 0 N–H and O–H groups in total. The number of hydrogen-bond donors (Lipinski definition) is 0. The van der Waals surface area contributed by atoms with E-state index < -0.39 is 0 Å². The van der Waals surface area contributed by atoms with Crippen LogP contribution in [0.1, 0.15) is 32.1 Å². The van der Waals surface area contributed by atoms with Gasteiger partial charge in [0, 0.05) is 6.42 Å². The van der Waals surface area contributed by atoms with E-state index in [0.29, 0.717) is 5.92 Å². The third-order valence-corrected chi connectivity index (χ3v) is 1.93. The van der Waals surface area contributed by atoms with Gasteiger partial charge in [0.15, 0.2) is 0 Å². The molecule has 1 rings (SSSR count). The van der Waals surface area contributed by atoms with E-state index in [1.165, 1.54) is 31.9 Å². The van der Waals surface area contributed by atoms with Crippen LogP contribution in [0.3, 0.4) is 0 Å². The highest BCUT2D eigenvalue weighted by atomic mass is 19.1. The van der Waals surface area contributed by atoms with Crippen molar-refractivity contribution in [3.63, 3.8) is 0 Å². The largest absolute Gasteiger partial charge is 0.144 e. The second kappa shape index (κ2) is 3.50. The zero-order valence-electron chi connectivity index (χ0n) is 5.49. The van der Waals surface area contributed by atoms with Crippen LogP contribution < -0.4 is 0 Å². The Bertz CT molecular complexity index is 123. The fourth-order valence-corrected chi connectivity index (χ4v) is 1.40. The highest BCUT2D eigenvalue weighted by Gasteiger charge is 2.12. The van der Waals surface area contributed by atoms with Crippen LogP contribution in [0.25, 0.3) is 0 Å². The Hall–Kier alpha value is -0.510. The first-order valence-electron chi connectivity index (χ1n) is 3.52. The average Bonchev–Trinajstić information content (AvgIpc) is 2.34. The van der Waals surface area contributed by atoms with Crippen LogP contribution in [-0.4, -0.2) is 0 Å². The van der Waals surface area contributed by atoms with E-state index in [4.69, 9.17) is 0 Å². The predicted octanol–water partition coefficient (Wildman–Crippen LogP) is 2.50. The second-order valence-corrected chi connectivity index (χ2v) is 2.63. The van der Waals surface area contributed by atoms with Gasteiger partial charge in [0.25, 0.3) is 0 Å². The van der Waals surface area contributed by atoms with E-state index in [2.05, 4.69) is 5.92 Å². The van der Waals surface area contributed by atoms with Crippen LogP contribution in [0.15, 0.2) is 0 Å². The van der Waals surface area contributed by atoms with Gasteiger partial charge in [0.1, 0.15) is 6.17 Å². The van der Waals surface area contributed by atoms with Crippen LogP contribution in [0.5, 0.6) is 0 Å². The van der Waals surface area contributed by atoms with E-state index >= 15 is 0 Å². The summed E-state index contributed by atoms with van der Waals surface area (Å²) in [5, 5.41) is 0. The van der Waals surface area contributed by atoms with Crippen LogP contribution in [-0.2, 0) is 0 Å². The fraction of sp³-hybridized carbons (Fsp3) is 0.750. The predicted molar refractivity (Wildman–Crippen MR) is 35.5 cm³/mol. The number of rotatable bonds is 1. The lowest BCUT2D eigenvalue weighted by Crippen LogP contribution is -1.88. The quantitative estimate of drug-likeness (QED) is 0.473. The van der Waals surface area contributed by atoms with Crippen molar-refractivity contribution in [2.24, 2.45) is 5.92 Å². The molecule has 1 fully saturated rings. The molecule has 0 nitrogen and oxygen atoms in total. The van der Waals surface area contributed by atoms with Gasteiger partial charge >= 0.3 is 0 Å². The van der Waals surface area contributed by atoms with Gasteiger partial charge in [-0.25, -0.2) is 0 Å². The summed E-state index contributed by atoms with van der Waals surface area (Å²) >= 11 is 0. The maximum Gasteiger partial charge on any atom is 0.105 e. The summed E-state index contributed by atoms with van der Waals surface area (Å²) in [6.07, 6.45) is 7.37. The summed E-state index contributed by atoms with van der Waals surface area (Å²) in [7, 11) is 0. The molecule has 0 saturated heterocycles. The molecule has 0 heterocycles. The Kier molecular flexibility index (Phi) is 2.57. The standard InChI is InChI=1S/C8H11F/c9-7-3-6-8-4-1-2-5-8/h8H,1-2,4-6H2. The van der Waals surface area contributed by atoms with E-state index in [-0.39, 0.29) is 0 Å². The molecule has 0 amide bonds. The third-order valence-electron chi connectivity index (χ3n) is 1.93. The van der Waals surface area contributed by atoms with Crippen LogP contribution in [0.4, 0.5) is 4.39 Å². The van der Waals surface area contributed by atoms with Crippen molar-refractivity contribution in [2.75, 3.05) is 0 Å². The maximum absolute atomic E-state index is 11.3. The van der Waals surface area contributed by atoms with Gasteiger partial charge in [-0.05, 0) is 18.8 Å². The van der Waals surface area contributed by atoms with Gasteiger partial charge in [-0.15, -0.1) is 4.39 Å². The van der Waals surface area contributed by atoms with Gasteiger partial charge in [-0.3, -0.25) is 0 Å². The van der Waals surface area contributed by atoms with Crippen molar-refractivity contribution in [3.05, 3.63) is 0 Å². The molecule has 1 aliphatic rings. The van der Waals surface area contributed by atoms with Gasteiger partial charge in [-0.1, -0.05) is 18.8 Å². The van der Waals surface area contributed by atoms with Gasteiger partial charge in [0.2, 0.25) is 0 Å². The lowest BCUT2D eigenvalue weighted by Gasteiger charge is -1.99. The Morgan fingerprint density at radius 3 is 2.56 bits per heavy atom. The summed E-state index contributed by atoms with van der Waals surface area (Å²) in [6, 6.07) is 0. The Morgan fingerprint density at radius 1 is 1.33 bits per heavy atom. The van der Waals surface area contributed by atoms with Crippen molar-refractivity contribution in [1.82, 2.24) is 0 Å². The summed E-state index contributed by atoms with van der Waals surface area (Å²) in [5.74, 6) is 3.18. The monoisotopic (exact) mass is 126 g/mol. The molecule has 0 aromatic rings. The highest BCUT2D eigenvalue weighted by Crippen LogP contribution is 2.26. The average molecular weight is 126 g/mol. The van der Waals surface area contributed by atoms with Crippen LogP contribution in [0, 0.1) is 18.0 Å². The SMILES string of the molecule is FC#CCC1CCCC1. The Balaban J connectivity index is 2.16. The van der Waals surface area contributed by atoms with E-state index in [9.17, 15) is 4.39 Å². The molecular formula is C8H11F. The Labute approximate surface area is 55.5 Å². The van der Waals surface area contributed by atoms with Crippen molar-refractivity contribution >= 4 is 0 Å². The highest BCUT2D eigenvalue weighted by molar-refractivity contribution is 4.93. The van der Waals surface area contributed by atoms with Gasteiger partial charge in [0.05, 0.1) is 0 Å². The topological polar surface area (TPSA) is 0 Å². The normalized spacial score (nSPS) is 19.2. The summed E-state index contributed by atoms with van der Waals surface area (Å²) in [5.41, 5.74) is 0. The molecule has 1 heteroatoms. The lowest BCUT2D eigenvalue weighted by atomic mass is 10.1. The number of halogens is 1. The van der Waals surface area contributed by atoms with Crippen molar-refractivity contribution in [2.45, 2.75) is 32.1 Å². The molecule has 0 radical (unpaired) electrons. The first-order valence-corrected chi connectivity index (χ1v) is 3.52. The van der Waals surface area contributed by atoms with Crippen molar-refractivity contribution < 1.29 is 4.39 Å². The molecule has 0 aromatic carbocycles. The molecule has 0 bridgehead atoms. The fourth-order valence-electron chi connectivity index (χ4n) is 1.40. The minimum absolute atomic E-state index is 0.702. The molecule has 0 atom stereocenters. The Morgan fingerprint density at radius 2 is 2.00 bits per heavy atom. The molecular weight excluding hydrogens is 115 g/mol. The van der Waals surface area contributed by atoms with E-state index in [1.807, 2.05) is 0 Å². The zero-order chi connectivity index (χ0) is 6.53. The first-order chi connectivity index (χ1) is 4.43. The maximum atomic E-state index is 11.3. The first kappa shape index (κ1) is 6.61. The van der Waals surface area contributed by atoms with Crippen LogP contribution >= 0.6 is 0 Å². The van der Waals surface area contributed by atoms with Crippen LogP contribution in [0.2, 0.25) is 0 Å². The zero-order valence-corrected chi connectivity index (χ0v) is 5.49. The van der Waals surface area contributed by atoms with Crippen molar-refractivity contribution in [3.8, 4) is 12.1 Å². The molecule has 1 aliphatic carbocycles. The molecule has 0 spiro atoms. The summed E-state index contributed by atoms with van der Waals surface area (Å²) in [6.45, 7) is 0. The molecule has 0 aliphatic heterocycles. The molecule has 0 unspecified atom stereocenters. The third kappa shape index (κ3) is 2.05. The van der Waals surface area contributed by atoms with E-state index in [1.54, 1.807) is 0 Å². The lowest BCUT2D eigenvalue weighted by molar-refractivity contribution is 0.565. The minimum atomic E-state index is 0.702. The minimum Gasteiger partial charge on any atom is -0.144 e. The summed E-state index contributed by atoms with van der Waals surface area (Å²) < 4.78 is 11.3. The number of hydrogen-bond acceptors (Lipinski definition) is 0. The molecule has 50 valence electrons.